The van der Waals surface area contributed by atoms with Crippen molar-refractivity contribution < 1.29 is 4.74 Å². The summed E-state index contributed by atoms with van der Waals surface area (Å²) in [6.45, 7) is 11.8. The van der Waals surface area contributed by atoms with E-state index < -0.39 is 0 Å². The van der Waals surface area contributed by atoms with E-state index in [2.05, 4.69) is 46.8 Å². The van der Waals surface area contributed by atoms with Crippen molar-refractivity contribution >= 4 is 12.4 Å². The van der Waals surface area contributed by atoms with Gasteiger partial charge in [0, 0.05) is 6.04 Å². The van der Waals surface area contributed by atoms with E-state index in [4.69, 9.17) is 10.5 Å². The van der Waals surface area contributed by atoms with Gasteiger partial charge >= 0.3 is 0 Å². The van der Waals surface area contributed by atoms with Gasteiger partial charge in [0.25, 0.3) is 0 Å². The first-order chi connectivity index (χ1) is 9.27. The standard InChI is InChI=1S/C18H29NO.ClH/c1-12-8-16(18(3,4)5)17(20-11-14-6-7-14)10-15(12)9-13(2)19;/h8,10,13-14H,6-7,9,11,19H2,1-5H3;1H. The molecule has 21 heavy (non-hydrogen) atoms. The van der Waals surface area contributed by atoms with Gasteiger partial charge in [-0.15, -0.1) is 12.4 Å². The van der Waals surface area contributed by atoms with Crippen molar-refractivity contribution in [1.82, 2.24) is 0 Å². The van der Waals surface area contributed by atoms with Gasteiger partial charge < -0.3 is 10.5 Å². The highest BCUT2D eigenvalue weighted by Gasteiger charge is 2.25. The van der Waals surface area contributed by atoms with Gasteiger partial charge in [-0.1, -0.05) is 26.8 Å². The Bertz CT molecular complexity index is 473. The molecule has 1 aromatic rings. The Kier molecular flexibility index (Phi) is 6.12. The van der Waals surface area contributed by atoms with E-state index in [0.717, 1.165) is 24.7 Å². The molecule has 1 aliphatic rings. The molecule has 0 aromatic heterocycles. The molecule has 0 heterocycles. The second-order valence-corrected chi connectivity index (χ2v) is 7.46. The van der Waals surface area contributed by atoms with E-state index in [1.165, 1.54) is 29.5 Å². The molecule has 1 aliphatic carbocycles. The number of nitrogens with two attached hydrogens (primary N) is 1. The van der Waals surface area contributed by atoms with E-state index in [-0.39, 0.29) is 23.9 Å². The lowest BCUT2D eigenvalue weighted by Crippen LogP contribution is -2.20. The quantitative estimate of drug-likeness (QED) is 0.875. The van der Waals surface area contributed by atoms with Gasteiger partial charge in [0.2, 0.25) is 0 Å². The average molecular weight is 312 g/mol. The summed E-state index contributed by atoms with van der Waals surface area (Å²) >= 11 is 0. The number of ether oxygens (including phenoxy) is 1. The predicted octanol–water partition coefficient (Wildman–Crippen LogP) is 4.39. The molecule has 0 spiro atoms. The zero-order valence-electron chi connectivity index (χ0n) is 14.0. The van der Waals surface area contributed by atoms with Crippen molar-refractivity contribution in [1.29, 1.82) is 0 Å². The van der Waals surface area contributed by atoms with E-state index in [9.17, 15) is 0 Å². The lowest BCUT2D eigenvalue weighted by Gasteiger charge is -2.25. The SMILES string of the molecule is Cc1cc(C(C)(C)C)c(OCC2CC2)cc1CC(C)N.Cl. The molecular formula is C18H30ClNO. The molecule has 1 fully saturated rings. The lowest BCUT2D eigenvalue weighted by atomic mass is 9.84. The number of aryl methyl sites for hydroxylation is 1. The van der Waals surface area contributed by atoms with Crippen LogP contribution in [-0.4, -0.2) is 12.6 Å². The fourth-order valence-electron chi connectivity index (χ4n) is 2.49. The molecule has 1 atom stereocenters. The smallest absolute Gasteiger partial charge is 0.123 e. The summed E-state index contributed by atoms with van der Waals surface area (Å²) in [5, 5.41) is 0. The third-order valence-corrected chi connectivity index (χ3v) is 3.96. The van der Waals surface area contributed by atoms with Crippen molar-refractivity contribution in [3.8, 4) is 5.75 Å². The van der Waals surface area contributed by atoms with Crippen LogP contribution in [0.1, 0.15) is 57.2 Å². The fourth-order valence-corrected chi connectivity index (χ4v) is 2.49. The average Bonchev–Trinajstić information content (AvgIpc) is 3.11. The maximum atomic E-state index is 6.12. The Morgan fingerprint density at radius 2 is 1.90 bits per heavy atom. The van der Waals surface area contributed by atoms with E-state index >= 15 is 0 Å². The summed E-state index contributed by atoms with van der Waals surface area (Å²) in [7, 11) is 0. The zero-order valence-corrected chi connectivity index (χ0v) is 14.8. The molecule has 0 bridgehead atoms. The van der Waals surface area contributed by atoms with E-state index in [1.807, 2.05) is 0 Å². The molecule has 1 unspecified atom stereocenters. The molecule has 3 heteroatoms. The van der Waals surface area contributed by atoms with Crippen LogP contribution < -0.4 is 10.5 Å². The molecular weight excluding hydrogens is 282 g/mol. The van der Waals surface area contributed by atoms with Crippen molar-refractivity contribution in [2.45, 2.75) is 65.3 Å². The molecule has 2 nitrogen and oxygen atoms in total. The minimum atomic E-state index is 0. The zero-order chi connectivity index (χ0) is 14.9. The molecule has 1 aromatic carbocycles. The summed E-state index contributed by atoms with van der Waals surface area (Å²) in [6.07, 6.45) is 3.56. The van der Waals surface area contributed by atoms with Crippen LogP contribution in [0, 0.1) is 12.8 Å². The Hall–Kier alpha value is -0.730. The number of hydrogen-bond acceptors (Lipinski definition) is 2. The van der Waals surface area contributed by atoms with Crippen molar-refractivity contribution in [2.75, 3.05) is 6.61 Å². The first-order valence-corrected chi connectivity index (χ1v) is 7.79. The third-order valence-electron chi connectivity index (χ3n) is 3.96. The fraction of sp³-hybridized carbons (Fsp3) is 0.667. The minimum Gasteiger partial charge on any atom is -0.493 e. The summed E-state index contributed by atoms with van der Waals surface area (Å²) in [5.74, 6) is 1.84. The summed E-state index contributed by atoms with van der Waals surface area (Å²) in [4.78, 5) is 0. The highest BCUT2D eigenvalue weighted by atomic mass is 35.5. The Labute approximate surface area is 135 Å². The van der Waals surface area contributed by atoms with Crippen LogP contribution in [0.15, 0.2) is 12.1 Å². The maximum absolute atomic E-state index is 6.12. The van der Waals surface area contributed by atoms with Crippen LogP contribution in [-0.2, 0) is 11.8 Å². The molecule has 0 radical (unpaired) electrons. The van der Waals surface area contributed by atoms with Crippen LogP contribution in [0.25, 0.3) is 0 Å². The molecule has 2 N–H and O–H groups in total. The maximum Gasteiger partial charge on any atom is 0.123 e. The second kappa shape index (κ2) is 7.02. The summed E-state index contributed by atoms with van der Waals surface area (Å²) in [6, 6.07) is 4.70. The Balaban J connectivity index is 0.00000220. The van der Waals surface area contributed by atoms with E-state index in [0.29, 0.717) is 0 Å². The van der Waals surface area contributed by atoms with Crippen LogP contribution in [0.5, 0.6) is 5.75 Å². The number of halogens is 1. The number of hydrogen-bond donors (Lipinski definition) is 1. The number of rotatable bonds is 5. The highest BCUT2D eigenvalue weighted by molar-refractivity contribution is 5.85. The van der Waals surface area contributed by atoms with Crippen LogP contribution in [0.2, 0.25) is 0 Å². The van der Waals surface area contributed by atoms with Gasteiger partial charge in [-0.3, -0.25) is 0 Å². The second-order valence-electron chi connectivity index (χ2n) is 7.46. The van der Waals surface area contributed by atoms with E-state index in [1.54, 1.807) is 0 Å². The van der Waals surface area contributed by atoms with Gasteiger partial charge in [-0.05, 0) is 67.2 Å². The van der Waals surface area contributed by atoms with Crippen LogP contribution in [0.3, 0.4) is 0 Å². The third kappa shape index (κ3) is 5.19. The van der Waals surface area contributed by atoms with Gasteiger partial charge in [-0.25, -0.2) is 0 Å². The van der Waals surface area contributed by atoms with Crippen molar-refractivity contribution in [3.63, 3.8) is 0 Å². The highest BCUT2D eigenvalue weighted by Crippen LogP contribution is 2.36. The first-order valence-electron chi connectivity index (χ1n) is 7.79. The number of benzene rings is 1. The van der Waals surface area contributed by atoms with Crippen molar-refractivity contribution in [3.05, 3.63) is 28.8 Å². The Morgan fingerprint density at radius 1 is 1.29 bits per heavy atom. The predicted molar refractivity (Wildman–Crippen MR) is 92.7 cm³/mol. The summed E-state index contributed by atoms with van der Waals surface area (Å²) in [5.41, 5.74) is 10.0. The molecule has 0 aliphatic heterocycles. The molecule has 120 valence electrons. The molecule has 0 saturated heterocycles. The Morgan fingerprint density at radius 3 is 2.38 bits per heavy atom. The first kappa shape index (κ1) is 18.3. The van der Waals surface area contributed by atoms with Crippen molar-refractivity contribution in [2.24, 2.45) is 11.7 Å². The normalized spacial score (nSPS) is 16.3. The van der Waals surface area contributed by atoms with Gasteiger partial charge in [0.05, 0.1) is 6.61 Å². The minimum absolute atomic E-state index is 0. The largest absolute Gasteiger partial charge is 0.493 e. The van der Waals surface area contributed by atoms with Crippen LogP contribution >= 0.6 is 12.4 Å². The monoisotopic (exact) mass is 311 g/mol. The van der Waals surface area contributed by atoms with Gasteiger partial charge in [0.1, 0.15) is 5.75 Å². The molecule has 2 rings (SSSR count). The molecule has 0 amide bonds. The molecule has 1 saturated carbocycles. The lowest BCUT2D eigenvalue weighted by molar-refractivity contribution is 0.291. The van der Waals surface area contributed by atoms with Gasteiger partial charge in [0.15, 0.2) is 0 Å². The summed E-state index contributed by atoms with van der Waals surface area (Å²) < 4.78 is 6.12. The van der Waals surface area contributed by atoms with Gasteiger partial charge in [-0.2, -0.15) is 0 Å². The van der Waals surface area contributed by atoms with Crippen LogP contribution in [0.4, 0.5) is 0 Å². The topological polar surface area (TPSA) is 35.2 Å².